The average molecular weight is 427 g/mol. The van der Waals surface area contributed by atoms with Crippen molar-refractivity contribution in [2.75, 3.05) is 32.1 Å². The molecule has 7 nitrogen and oxygen atoms in total. The molecule has 1 fully saturated rings. The smallest absolute Gasteiger partial charge is 0.387 e. The molecule has 1 aliphatic heterocycles. The molecule has 10 heteroatoms. The van der Waals surface area contributed by atoms with E-state index < -0.39 is 12.5 Å². The normalized spacial score (nSPS) is 13.7. The number of alkyl halides is 2. The minimum atomic E-state index is -2.98. The number of aromatic nitrogens is 2. The second kappa shape index (κ2) is 9.21. The van der Waals surface area contributed by atoms with Crippen LogP contribution in [0.2, 0.25) is 5.02 Å². The lowest BCUT2D eigenvalue weighted by atomic mass is 10.2. The first-order chi connectivity index (χ1) is 13.9. The number of carbonyl (C=O) groups is 1. The standard InChI is InChI=1S/C19H21ClF2N4O3/c1-25(11-12-5-6-14(28-2)15(9-12)29-18(21)22)17(27)16-13(20)10-23-19(24-16)26-7-3-4-8-26/h5-6,9-10,18H,3-4,7-8,11H2,1-2H3. The van der Waals surface area contributed by atoms with Gasteiger partial charge >= 0.3 is 6.61 Å². The minimum absolute atomic E-state index is 0.0998. The molecule has 0 aliphatic carbocycles. The van der Waals surface area contributed by atoms with Crippen LogP contribution in [0.5, 0.6) is 11.5 Å². The number of ether oxygens (including phenoxy) is 2. The van der Waals surface area contributed by atoms with Crippen molar-refractivity contribution < 1.29 is 23.0 Å². The average Bonchev–Trinajstić information content (AvgIpc) is 3.22. The van der Waals surface area contributed by atoms with Gasteiger partial charge in [-0.25, -0.2) is 9.97 Å². The summed E-state index contributed by atoms with van der Waals surface area (Å²) in [5.74, 6) is 0.153. The number of carbonyl (C=O) groups excluding carboxylic acids is 1. The first-order valence-electron chi connectivity index (χ1n) is 9.03. The molecule has 0 bridgehead atoms. The van der Waals surface area contributed by atoms with Crippen LogP contribution in [-0.2, 0) is 6.54 Å². The van der Waals surface area contributed by atoms with E-state index in [9.17, 15) is 13.6 Å². The molecule has 1 saturated heterocycles. The molecule has 156 valence electrons. The third kappa shape index (κ3) is 5.03. The molecule has 0 atom stereocenters. The van der Waals surface area contributed by atoms with Crippen LogP contribution in [0, 0.1) is 0 Å². The van der Waals surface area contributed by atoms with E-state index in [1.54, 1.807) is 13.1 Å². The van der Waals surface area contributed by atoms with Crippen molar-refractivity contribution >= 4 is 23.5 Å². The van der Waals surface area contributed by atoms with Gasteiger partial charge in [-0.15, -0.1) is 0 Å². The lowest BCUT2D eigenvalue weighted by Crippen LogP contribution is -2.29. The summed E-state index contributed by atoms with van der Waals surface area (Å²) in [7, 11) is 2.94. The van der Waals surface area contributed by atoms with E-state index in [0.29, 0.717) is 11.5 Å². The van der Waals surface area contributed by atoms with Crippen LogP contribution in [0.3, 0.4) is 0 Å². The Balaban J connectivity index is 1.78. The van der Waals surface area contributed by atoms with Gasteiger partial charge in [-0.05, 0) is 30.5 Å². The molecule has 0 unspecified atom stereocenters. The third-order valence-corrected chi connectivity index (χ3v) is 4.81. The maximum absolute atomic E-state index is 12.9. The highest BCUT2D eigenvalue weighted by Gasteiger charge is 2.22. The highest BCUT2D eigenvalue weighted by atomic mass is 35.5. The summed E-state index contributed by atoms with van der Waals surface area (Å²) in [4.78, 5) is 24.8. The van der Waals surface area contributed by atoms with Crippen molar-refractivity contribution in [2.45, 2.75) is 26.0 Å². The third-order valence-electron chi connectivity index (χ3n) is 4.53. The van der Waals surface area contributed by atoms with Gasteiger partial charge in [0, 0.05) is 26.7 Å². The van der Waals surface area contributed by atoms with E-state index >= 15 is 0 Å². The summed E-state index contributed by atoms with van der Waals surface area (Å²) < 4.78 is 34.7. The maximum atomic E-state index is 12.9. The Morgan fingerprint density at radius 3 is 2.69 bits per heavy atom. The molecule has 0 radical (unpaired) electrons. The number of amides is 1. The second-order valence-corrected chi connectivity index (χ2v) is 6.99. The highest BCUT2D eigenvalue weighted by molar-refractivity contribution is 6.33. The van der Waals surface area contributed by atoms with Crippen LogP contribution in [0.1, 0.15) is 28.9 Å². The van der Waals surface area contributed by atoms with Crippen molar-refractivity contribution in [3.05, 3.63) is 40.7 Å². The number of rotatable bonds is 7. The first kappa shape index (κ1) is 21.0. The molecular weight excluding hydrogens is 406 g/mol. The largest absolute Gasteiger partial charge is 0.493 e. The summed E-state index contributed by atoms with van der Waals surface area (Å²) >= 11 is 6.16. The first-order valence-corrected chi connectivity index (χ1v) is 9.41. The van der Waals surface area contributed by atoms with Crippen LogP contribution < -0.4 is 14.4 Å². The van der Waals surface area contributed by atoms with Crippen molar-refractivity contribution in [1.29, 1.82) is 0 Å². The Kier molecular flexibility index (Phi) is 6.68. The van der Waals surface area contributed by atoms with Gasteiger partial charge in [-0.3, -0.25) is 4.79 Å². The van der Waals surface area contributed by atoms with Crippen LogP contribution in [-0.4, -0.2) is 54.6 Å². The van der Waals surface area contributed by atoms with Crippen LogP contribution in [0.4, 0.5) is 14.7 Å². The van der Waals surface area contributed by atoms with Crippen LogP contribution in [0.25, 0.3) is 0 Å². The SMILES string of the molecule is COc1ccc(CN(C)C(=O)c2nc(N3CCCC3)ncc2Cl)cc1OC(F)F. The zero-order valence-electron chi connectivity index (χ0n) is 16.1. The number of halogens is 3. The summed E-state index contributed by atoms with van der Waals surface area (Å²) in [5.41, 5.74) is 0.686. The predicted molar refractivity (Wildman–Crippen MR) is 104 cm³/mol. The van der Waals surface area contributed by atoms with E-state index in [4.69, 9.17) is 16.3 Å². The molecule has 1 aromatic heterocycles. The lowest BCUT2D eigenvalue weighted by molar-refractivity contribution is -0.0512. The summed E-state index contributed by atoms with van der Waals surface area (Å²) in [6, 6.07) is 4.58. The molecule has 1 aromatic carbocycles. The van der Waals surface area contributed by atoms with Crippen molar-refractivity contribution in [3.8, 4) is 11.5 Å². The van der Waals surface area contributed by atoms with Gasteiger partial charge in [0.15, 0.2) is 17.2 Å². The number of hydrogen-bond acceptors (Lipinski definition) is 6. The molecule has 0 N–H and O–H groups in total. The van der Waals surface area contributed by atoms with Gasteiger partial charge in [-0.2, -0.15) is 8.78 Å². The topological polar surface area (TPSA) is 67.8 Å². The molecule has 3 rings (SSSR count). The fourth-order valence-corrected chi connectivity index (χ4v) is 3.28. The van der Waals surface area contributed by atoms with Gasteiger partial charge in [0.2, 0.25) is 5.95 Å². The summed E-state index contributed by atoms with van der Waals surface area (Å²) in [6.07, 6.45) is 3.52. The molecule has 2 aromatic rings. The van der Waals surface area contributed by atoms with Gasteiger partial charge in [0.1, 0.15) is 0 Å². The van der Waals surface area contributed by atoms with E-state index in [2.05, 4.69) is 14.7 Å². The molecular formula is C19H21ClF2N4O3. The number of nitrogens with zero attached hydrogens (tertiary/aromatic N) is 4. The van der Waals surface area contributed by atoms with E-state index in [-0.39, 0.29) is 28.8 Å². The van der Waals surface area contributed by atoms with Gasteiger partial charge in [0.25, 0.3) is 5.91 Å². The zero-order valence-corrected chi connectivity index (χ0v) is 16.8. The summed E-state index contributed by atoms with van der Waals surface area (Å²) in [6.45, 7) is -1.17. The van der Waals surface area contributed by atoms with Crippen molar-refractivity contribution in [1.82, 2.24) is 14.9 Å². The molecule has 2 heterocycles. The highest BCUT2D eigenvalue weighted by Crippen LogP contribution is 2.30. The Bertz CT molecular complexity index is 879. The predicted octanol–water partition coefficient (Wildman–Crippen LogP) is 3.61. The van der Waals surface area contributed by atoms with Crippen molar-refractivity contribution in [3.63, 3.8) is 0 Å². The van der Waals surface area contributed by atoms with Crippen LogP contribution >= 0.6 is 11.6 Å². The Labute approximate surface area is 172 Å². The lowest BCUT2D eigenvalue weighted by Gasteiger charge is -2.20. The van der Waals surface area contributed by atoms with Gasteiger partial charge in [0.05, 0.1) is 18.3 Å². The quantitative estimate of drug-likeness (QED) is 0.673. The Morgan fingerprint density at radius 1 is 1.31 bits per heavy atom. The molecule has 0 saturated carbocycles. The molecule has 1 amide bonds. The maximum Gasteiger partial charge on any atom is 0.387 e. The Hall–Kier alpha value is -2.68. The fourth-order valence-electron chi connectivity index (χ4n) is 3.11. The Morgan fingerprint density at radius 2 is 2.03 bits per heavy atom. The fraction of sp³-hybridized carbons (Fsp3) is 0.421. The monoisotopic (exact) mass is 426 g/mol. The zero-order chi connectivity index (χ0) is 21.0. The van der Waals surface area contributed by atoms with Gasteiger partial charge < -0.3 is 19.3 Å². The van der Waals surface area contributed by atoms with Crippen molar-refractivity contribution in [2.24, 2.45) is 0 Å². The van der Waals surface area contributed by atoms with Gasteiger partial charge in [-0.1, -0.05) is 17.7 Å². The van der Waals surface area contributed by atoms with E-state index in [0.717, 1.165) is 25.9 Å². The molecule has 1 aliphatic rings. The second-order valence-electron chi connectivity index (χ2n) is 6.59. The number of methoxy groups -OCH3 is 1. The van der Waals surface area contributed by atoms with E-state index in [1.165, 1.54) is 30.3 Å². The summed E-state index contributed by atoms with van der Waals surface area (Å²) in [5, 5.41) is 0.154. The molecule has 0 spiro atoms. The number of benzene rings is 1. The van der Waals surface area contributed by atoms with E-state index in [1.807, 2.05) is 4.90 Å². The minimum Gasteiger partial charge on any atom is -0.493 e. The number of anilines is 1. The van der Waals surface area contributed by atoms with Crippen LogP contribution in [0.15, 0.2) is 24.4 Å². The number of hydrogen-bond donors (Lipinski definition) is 0. The molecule has 29 heavy (non-hydrogen) atoms.